The van der Waals surface area contributed by atoms with Crippen molar-refractivity contribution in [3.8, 4) is 11.5 Å². The molecule has 4 aromatic carbocycles. The summed E-state index contributed by atoms with van der Waals surface area (Å²) in [6, 6.07) is 32.9. The maximum atomic E-state index is 11.6. The number of phenols is 1. The number of phenolic OH excluding ortho intramolecular Hbond substituents is 1. The van der Waals surface area contributed by atoms with Gasteiger partial charge in [-0.15, -0.1) is 0 Å². The minimum absolute atomic E-state index is 0.0252. The Morgan fingerprint density at radius 2 is 1.60 bits per heavy atom. The summed E-state index contributed by atoms with van der Waals surface area (Å²) in [7, 11) is 1.96. The highest BCUT2D eigenvalue weighted by molar-refractivity contribution is 5.87. The largest absolute Gasteiger partial charge is 0.506 e. The van der Waals surface area contributed by atoms with Crippen LogP contribution in [0.3, 0.4) is 0 Å². The van der Waals surface area contributed by atoms with Gasteiger partial charge < -0.3 is 30.6 Å². The van der Waals surface area contributed by atoms with Crippen LogP contribution in [-0.2, 0) is 13.2 Å². The van der Waals surface area contributed by atoms with Crippen LogP contribution in [0, 0.1) is 0 Å². The number of H-pyrrole nitrogens is 1. The first-order valence-corrected chi connectivity index (χ1v) is 13.3. The van der Waals surface area contributed by atoms with Gasteiger partial charge in [-0.1, -0.05) is 72.8 Å². The number of aliphatic hydroxyl groups is 1. The lowest BCUT2D eigenvalue weighted by atomic mass is 9.99. The van der Waals surface area contributed by atoms with Crippen molar-refractivity contribution in [1.29, 1.82) is 0 Å². The lowest BCUT2D eigenvalue weighted by molar-refractivity contribution is 0.176. The predicted molar refractivity (Wildman–Crippen MR) is 157 cm³/mol. The Bertz CT molecular complexity index is 1620. The zero-order chi connectivity index (χ0) is 27.9. The van der Waals surface area contributed by atoms with E-state index in [4.69, 9.17) is 4.74 Å². The number of aromatic nitrogens is 1. The van der Waals surface area contributed by atoms with Crippen molar-refractivity contribution >= 4 is 10.9 Å². The van der Waals surface area contributed by atoms with Crippen molar-refractivity contribution in [2.75, 3.05) is 13.6 Å². The minimum Gasteiger partial charge on any atom is -0.506 e. The van der Waals surface area contributed by atoms with E-state index in [0.717, 1.165) is 22.4 Å². The highest BCUT2D eigenvalue weighted by Crippen LogP contribution is 2.29. The maximum Gasteiger partial charge on any atom is 0.248 e. The molecule has 0 aliphatic heterocycles. The van der Waals surface area contributed by atoms with Gasteiger partial charge in [0.1, 0.15) is 18.1 Å². The van der Waals surface area contributed by atoms with Crippen LogP contribution in [0.2, 0.25) is 0 Å². The number of pyridine rings is 1. The van der Waals surface area contributed by atoms with E-state index < -0.39 is 6.10 Å². The number of aromatic amines is 1. The molecule has 0 saturated heterocycles. The first-order chi connectivity index (χ1) is 19.5. The molecule has 2 unspecified atom stereocenters. The van der Waals surface area contributed by atoms with Crippen molar-refractivity contribution in [2.24, 2.45) is 0 Å². The maximum absolute atomic E-state index is 11.6. The van der Waals surface area contributed by atoms with E-state index in [9.17, 15) is 15.0 Å². The van der Waals surface area contributed by atoms with Gasteiger partial charge >= 0.3 is 0 Å². The minimum atomic E-state index is -0.804. The smallest absolute Gasteiger partial charge is 0.248 e. The Kier molecular flexibility index (Phi) is 8.56. The highest BCUT2D eigenvalue weighted by Gasteiger charge is 2.14. The molecule has 0 aliphatic rings. The first-order valence-electron chi connectivity index (χ1n) is 13.3. The van der Waals surface area contributed by atoms with E-state index in [0.29, 0.717) is 36.2 Å². The molecule has 7 nitrogen and oxygen atoms in total. The Labute approximate surface area is 233 Å². The fraction of sp³-hybridized carbons (Fsp3) is 0.182. The molecule has 5 rings (SSSR count). The van der Waals surface area contributed by atoms with Crippen LogP contribution in [0.1, 0.15) is 40.0 Å². The molecule has 0 saturated carbocycles. The quantitative estimate of drug-likeness (QED) is 0.164. The van der Waals surface area contributed by atoms with Gasteiger partial charge in [0.05, 0.1) is 17.7 Å². The van der Waals surface area contributed by atoms with Crippen molar-refractivity contribution in [1.82, 2.24) is 15.6 Å². The summed E-state index contributed by atoms with van der Waals surface area (Å²) in [6.07, 6.45) is -0.804. The molecule has 5 aromatic rings. The van der Waals surface area contributed by atoms with E-state index in [2.05, 4.69) is 39.9 Å². The number of rotatable bonds is 11. The zero-order valence-electron chi connectivity index (χ0n) is 22.3. The van der Waals surface area contributed by atoms with E-state index >= 15 is 0 Å². The van der Waals surface area contributed by atoms with Crippen molar-refractivity contribution in [3.05, 3.63) is 141 Å². The fourth-order valence-corrected chi connectivity index (χ4v) is 4.89. The summed E-state index contributed by atoms with van der Waals surface area (Å²) >= 11 is 0. The molecule has 2 atom stereocenters. The second-order valence-electron chi connectivity index (χ2n) is 9.74. The summed E-state index contributed by atoms with van der Waals surface area (Å²) in [4.78, 5) is 14.3. The Balaban J connectivity index is 1.15. The van der Waals surface area contributed by atoms with Crippen LogP contribution in [0.15, 0.2) is 108 Å². The normalized spacial score (nSPS) is 12.8. The Hall–Kier alpha value is -4.43. The molecule has 5 N–H and O–H groups in total. The molecule has 204 valence electrons. The second kappa shape index (κ2) is 12.6. The molecule has 0 radical (unpaired) electrons. The van der Waals surface area contributed by atoms with Gasteiger partial charge in [0.15, 0.2) is 0 Å². The van der Waals surface area contributed by atoms with Gasteiger partial charge in [0.2, 0.25) is 5.56 Å². The van der Waals surface area contributed by atoms with Crippen LogP contribution in [0.4, 0.5) is 0 Å². The standard InChI is InChI=1S/C33H33N3O4/c1-34-32(24-6-3-2-4-7-24)25-8-5-9-26(18-25)40-21-23-12-10-22(11-13-23)19-35-20-30(38)27-14-16-29(37)33-28(27)15-17-31(39)36-33/h2-18,30,32,34-35,37-38H,19-21H2,1H3,(H,36,39). The van der Waals surface area contributed by atoms with E-state index in [-0.39, 0.29) is 17.4 Å². The average Bonchev–Trinajstić information content (AvgIpc) is 2.98. The number of aliphatic hydroxyl groups excluding tert-OH is 1. The summed E-state index contributed by atoms with van der Waals surface area (Å²) in [5.41, 5.74) is 5.14. The average molecular weight is 536 g/mol. The van der Waals surface area contributed by atoms with Gasteiger partial charge in [-0.05, 0) is 59.1 Å². The third-order valence-corrected chi connectivity index (χ3v) is 6.97. The lowest BCUT2D eigenvalue weighted by Crippen LogP contribution is -2.21. The topological polar surface area (TPSA) is 107 Å². The number of ether oxygens (including phenoxy) is 1. The van der Waals surface area contributed by atoms with Crippen molar-refractivity contribution in [2.45, 2.75) is 25.3 Å². The number of nitrogens with one attached hydrogen (secondary N) is 3. The molecule has 1 heterocycles. The van der Waals surface area contributed by atoms with Crippen molar-refractivity contribution in [3.63, 3.8) is 0 Å². The van der Waals surface area contributed by atoms with Crippen LogP contribution >= 0.6 is 0 Å². The first kappa shape index (κ1) is 27.1. The van der Waals surface area contributed by atoms with Gasteiger partial charge in [-0.3, -0.25) is 4.79 Å². The van der Waals surface area contributed by atoms with E-state index in [1.807, 2.05) is 61.6 Å². The van der Waals surface area contributed by atoms with Gasteiger partial charge in [0.25, 0.3) is 0 Å². The van der Waals surface area contributed by atoms with Crippen LogP contribution in [0.25, 0.3) is 10.9 Å². The highest BCUT2D eigenvalue weighted by atomic mass is 16.5. The number of hydrogen-bond donors (Lipinski definition) is 5. The zero-order valence-corrected chi connectivity index (χ0v) is 22.3. The van der Waals surface area contributed by atoms with E-state index in [1.165, 1.54) is 17.7 Å². The molecular formula is C33H33N3O4. The Morgan fingerprint density at radius 1 is 0.850 bits per heavy atom. The van der Waals surface area contributed by atoms with Gasteiger partial charge in [0, 0.05) is 24.5 Å². The molecule has 0 aliphatic carbocycles. The number of fused-ring (bicyclic) bond motifs is 1. The summed E-state index contributed by atoms with van der Waals surface area (Å²) in [5, 5.41) is 28.1. The van der Waals surface area contributed by atoms with Crippen LogP contribution < -0.4 is 20.9 Å². The lowest BCUT2D eigenvalue weighted by Gasteiger charge is -2.18. The number of hydrogen-bond acceptors (Lipinski definition) is 6. The third-order valence-electron chi connectivity index (χ3n) is 6.97. The van der Waals surface area contributed by atoms with Crippen LogP contribution in [-0.4, -0.2) is 28.8 Å². The summed E-state index contributed by atoms with van der Waals surface area (Å²) in [6.45, 7) is 1.36. The molecule has 0 spiro atoms. The summed E-state index contributed by atoms with van der Waals surface area (Å²) < 4.78 is 6.10. The molecule has 0 amide bonds. The predicted octanol–water partition coefficient (Wildman–Crippen LogP) is 4.94. The Morgan fingerprint density at radius 3 is 2.38 bits per heavy atom. The number of benzene rings is 4. The van der Waals surface area contributed by atoms with Gasteiger partial charge in [-0.25, -0.2) is 0 Å². The van der Waals surface area contributed by atoms with Gasteiger partial charge in [-0.2, -0.15) is 0 Å². The fourth-order valence-electron chi connectivity index (χ4n) is 4.89. The third kappa shape index (κ3) is 6.40. The number of aromatic hydroxyl groups is 1. The molecule has 1 aromatic heterocycles. The molecule has 0 bridgehead atoms. The van der Waals surface area contributed by atoms with Crippen molar-refractivity contribution < 1.29 is 14.9 Å². The molecule has 0 fully saturated rings. The van der Waals surface area contributed by atoms with Crippen LogP contribution in [0.5, 0.6) is 11.5 Å². The SMILES string of the molecule is CNC(c1ccccc1)c1cccc(OCc2ccc(CNCC(O)c3ccc(O)c4[nH]c(=O)ccc34)cc2)c1. The van der Waals surface area contributed by atoms with E-state index in [1.54, 1.807) is 12.1 Å². The summed E-state index contributed by atoms with van der Waals surface area (Å²) in [5.74, 6) is 0.793. The molecular weight excluding hydrogens is 502 g/mol. The molecule has 7 heteroatoms. The molecule has 40 heavy (non-hydrogen) atoms. The second-order valence-corrected chi connectivity index (χ2v) is 9.74. The monoisotopic (exact) mass is 535 g/mol.